The molecule has 0 aliphatic heterocycles. The van der Waals surface area contributed by atoms with Gasteiger partial charge in [-0.15, -0.1) is 11.6 Å². The monoisotopic (exact) mass is 336 g/mol. The number of hydrogen-bond acceptors (Lipinski definition) is 2. The minimum absolute atomic E-state index is 0.176. The first kappa shape index (κ1) is 16.2. The van der Waals surface area contributed by atoms with Crippen molar-refractivity contribution in [1.82, 2.24) is 4.98 Å². The van der Waals surface area contributed by atoms with E-state index < -0.39 is 0 Å². The Morgan fingerprint density at radius 1 is 1.08 bits per heavy atom. The molecule has 120 valence electrons. The SMILES string of the molecule is Cc1ccccc1-c1ccncc1NC(=O)c1cccc(CCl)c1. The van der Waals surface area contributed by atoms with Crippen LogP contribution in [-0.2, 0) is 5.88 Å². The van der Waals surface area contributed by atoms with E-state index in [4.69, 9.17) is 11.6 Å². The molecule has 0 radical (unpaired) electrons. The van der Waals surface area contributed by atoms with Crippen LogP contribution in [-0.4, -0.2) is 10.9 Å². The van der Waals surface area contributed by atoms with Gasteiger partial charge in [-0.05, 0) is 41.8 Å². The topological polar surface area (TPSA) is 42.0 Å². The fourth-order valence-electron chi connectivity index (χ4n) is 2.59. The normalized spacial score (nSPS) is 10.4. The maximum atomic E-state index is 12.6. The maximum absolute atomic E-state index is 12.6. The van der Waals surface area contributed by atoms with Crippen molar-refractivity contribution in [2.24, 2.45) is 0 Å². The number of carbonyl (C=O) groups excluding carboxylic acids is 1. The van der Waals surface area contributed by atoms with Gasteiger partial charge in [0, 0.05) is 23.2 Å². The van der Waals surface area contributed by atoms with E-state index >= 15 is 0 Å². The predicted octanol–water partition coefficient (Wildman–Crippen LogP) is 5.05. The van der Waals surface area contributed by atoms with Crippen LogP contribution in [0.4, 0.5) is 5.69 Å². The first-order valence-electron chi connectivity index (χ1n) is 7.65. The van der Waals surface area contributed by atoms with Gasteiger partial charge in [0.25, 0.3) is 5.91 Å². The lowest BCUT2D eigenvalue weighted by atomic mass is 10.00. The molecular weight excluding hydrogens is 320 g/mol. The van der Waals surface area contributed by atoms with Crippen molar-refractivity contribution in [3.63, 3.8) is 0 Å². The summed E-state index contributed by atoms with van der Waals surface area (Å²) in [6.45, 7) is 2.05. The molecular formula is C20H17ClN2O. The highest BCUT2D eigenvalue weighted by Crippen LogP contribution is 2.29. The molecule has 0 saturated carbocycles. The molecule has 3 aromatic rings. The largest absolute Gasteiger partial charge is 0.320 e. The third kappa shape index (κ3) is 3.47. The van der Waals surface area contributed by atoms with Crippen LogP contribution in [0.3, 0.4) is 0 Å². The number of hydrogen-bond donors (Lipinski definition) is 1. The Kier molecular flexibility index (Phi) is 4.92. The Hall–Kier alpha value is -2.65. The molecule has 0 unspecified atom stereocenters. The Bertz CT molecular complexity index is 877. The van der Waals surface area contributed by atoms with Crippen LogP contribution in [0.25, 0.3) is 11.1 Å². The molecule has 0 aliphatic carbocycles. The van der Waals surface area contributed by atoms with E-state index in [1.807, 2.05) is 49.4 Å². The van der Waals surface area contributed by atoms with Gasteiger partial charge in [-0.25, -0.2) is 0 Å². The smallest absolute Gasteiger partial charge is 0.255 e. The molecule has 4 heteroatoms. The van der Waals surface area contributed by atoms with Crippen molar-refractivity contribution in [3.8, 4) is 11.1 Å². The number of carbonyl (C=O) groups is 1. The second-order valence-electron chi connectivity index (χ2n) is 5.52. The van der Waals surface area contributed by atoms with Crippen LogP contribution in [0, 0.1) is 6.92 Å². The van der Waals surface area contributed by atoms with Crippen LogP contribution in [0.2, 0.25) is 0 Å². The highest BCUT2D eigenvalue weighted by atomic mass is 35.5. The quantitative estimate of drug-likeness (QED) is 0.677. The van der Waals surface area contributed by atoms with Crippen LogP contribution in [0.5, 0.6) is 0 Å². The predicted molar refractivity (Wildman–Crippen MR) is 98.4 cm³/mol. The zero-order chi connectivity index (χ0) is 16.9. The zero-order valence-corrected chi connectivity index (χ0v) is 14.0. The molecule has 3 nitrogen and oxygen atoms in total. The highest BCUT2D eigenvalue weighted by molar-refractivity contribution is 6.17. The molecule has 0 fully saturated rings. The Morgan fingerprint density at radius 3 is 2.71 bits per heavy atom. The number of anilines is 1. The Labute approximate surface area is 146 Å². The highest BCUT2D eigenvalue weighted by Gasteiger charge is 2.12. The molecule has 0 bridgehead atoms. The fourth-order valence-corrected chi connectivity index (χ4v) is 2.76. The molecule has 0 aliphatic rings. The third-order valence-electron chi connectivity index (χ3n) is 3.85. The first-order valence-corrected chi connectivity index (χ1v) is 8.19. The van der Waals surface area contributed by atoms with Crippen molar-refractivity contribution in [2.45, 2.75) is 12.8 Å². The number of aromatic nitrogens is 1. The van der Waals surface area contributed by atoms with E-state index in [1.54, 1.807) is 24.5 Å². The molecule has 1 amide bonds. The minimum atomic E-state index is -0.176. The van der Waals surface area contributed by atoms with Gasteiger partial charge in [0.15, 0.2) is 0 Å². The maximum Gasteiger partial charge on any atom is 0.255 e. The Balaban J connectivity index is 1.93. The van der Waals surface area contributed by atoms with E-state index in [-0.39, 0.29) is 5.91 Å². The van der Waals surface area contributed by atoms with Crippen LogP contribution < -0.4 is 5.32 Å². The molecule has 0 saturated heterocycles. The van der Waals surface area contributed by atoms with Gasteiger partial charge < -0.3 is 5.32 Å². The summed E-state index contributed by atoms with van der Waals surface area (Å²) in [7, 11) is 0. The Morgan fingerprint density at radius 2 is 1.92 bits per heavy atom. The van der Waals surface area contributed by atoms with E-state index in [0.717, 1.165) is 22.3 Å². The van der Waals surface area contributed by atoms with Crippen LogP contribution >= 0.6 is 11.6 Å². The van der Waals surface area contributed by atoms with Gasteiger partial charge in [0.05, 0.1) is 11.9 Å². The van der Waals surface area contributed by atoms with Crippen molar-refractivity contribution >= 4 is 23.2 Å². The summed E-state index contributed by atoms with van der Waals surface area (Å²) < 4.78 is 0. The van der Waals surface area contributed by atoms with Crippen molar-refractivity contribution in [3.05, 3.63) is 83.7 Å². The van der Waals surface area contributed by atoms with E-state index in [9.17, 15) is 4.79 Å². The lowest BCUT2D eigenvalue weighted by molar-refractivity contribution is 0.102. The fraction of sp³-hybridized carbons (Fsp3) is 0.100. The molecule has 1 heterocycles. The van der Waals surface area contributed by atoms with E-state index in [1.165, 1.54) is 0 Å². The number of amides is 1. The average molecular weight is 337 g/mol. The summed E-state index contributed by atoms with van der Waals surface area (Å²) >= 11 is 5.84. The molecule has 1 N–H and O–H groups in total. The molecule has 0 atom stereocenters. The number of nitrogens with one attached hydrogen (secondary N) is 1. The van der Waals surface area contributed by atoms with Crippen molar-refractivity contribution < 1.29 is 4.79 Å². The van der Waals surface area contributed by atoms with Crippen LogP contribution in [0.1, 0.15) is 21.5 Å². The molecule has 1 aromatic heterocycles. The summed E-state index contributed by atoms with van der Waals surface area (Å²) in [6.07, 6.45) is 3.40. The molecule has 3 rings (SSSR count). The van der Waals surface area contributed by atoms with Gasteiger partial charge >= 0.3 is 0 Å². The van der Waals surface area contributed by atoms with E-state index in [2.05, 4.69) is 10.3 Å². The standard InChI is InChI=1S/C20H17ClN2O/c1-14-5-2-3-8-17(14)18-9-10-22-13-19(18)23-20(24)16-7-4-6-15(11-16)12-21/h2-11,13H,12H2,1H3,(H,23,24). The van der Waals surface area contributed by atoms with Gasteiger partial charge in [-0.2, -0.15) is 0 Å². The van der Waals surface area contributed by atoms with Crippen LogP contribution in [0.15, 0.2) is 67.0 Å². The summed E-state index contributed by atoms with van der Waals surface area (Å²) in [5, 5.41) is 2.96. The number of benzene rings is 2. The second-order valence-corrected chi connectivity index (χ2v) is 5.79. The lowest BCUT2D eigenvalue weighted by Gasteiger charge is -2.13. The number of aryl methyl sites for hydroxylation is 1. The van der Waals surface area contributed by atoms with Gasteiger partial charge in [-0.1, -0.05) is 36.4 Å². The number of halogens is 1. The summed E-state index contributed by atoms with van der Waals surface area (Å²) in [6, 6.07) is 17.3. The van der Waals surface area contributed by atoms with E-state index in [0.29, 0.717) is 17.1 Å². The van der Waals surface area contributed by atoms with Crippen molar-refractivity contribution in [1.29, 1.82) is 0 Å². The number of pyridine rings is 1. The van der Waals surface area contributed by atoms with Gasteiger partial charge in [0.1, 0.15) is 0 Å². The second kappa shape index (κ2) is 7.28. The summed E-state index contributed by atoms with van der Waals surface area (Å²) in [5.74, 6) is 0.201. The third-order valence-corrected chi connectivity index (χ3v) is 4.16. The summed E-state index contributed by atoms with van der Waals surface area (Å²) in [5.41, 5.74) is 5.34. The zero-order valence-electron chi connectivity index (χ0n) is 13.3. The average Bonchev–Trinajstić information content (AvgIpc) is 2.63. The van der Waals surface area contributed by atoms with Crippen molar-refractivity contribution in [2.75, 3.05) is 5.32 Å². The molecule has 0 spiro atoms. The number of alkyl halides is 1. The molecule has 2 aromatic carbocycles. The lowest BCUT2D eigenvalue weighted by Crippen LogP contribution is -2.13. The summed E-state index contributed by atoms with van der Waals surface area (Å²) in [4.78, 5) is 16.7. The first-order chi connectivity index (χ1) is 11.7. The van der Waals surface area contributed by atoms with Gasteiger partial charge in [0.2, 0.25) is 0 Å². The number of rotatable bonds is 4. The molecule has 24 heavy (non-hydrogen) atoms. The van der Waals surface area contributed by atoms with Gasteiger partial charge in [-0.3, -0.25) is 9.78 Å². The minimum Gasteiger partial charge on any atom is -0.320 e. The number of nitrogens with zero attached hydrogens (tertiary/aromatic N) is 1.